The molecule has 2 saturated carbocycles. The third kappa shape index (κ3) is 2.17. The lowest BCUT2D eigenvalue weighted by Gasteiger charge is -2.58. The maximum absolute atomic E-state index is 11.6. The number of fused-ring (bicyclic) bond motifs is 1. The van der Waals surface area contributed by atoms with Crippen LogP contribution in [0.1, 0.15) is 66.2 Å². The summed E-state index contributed by atoms with van der Waals surface area (Å²) in [5, 5.41) is 0. The molecule has 0 aromatic rings. The maximum Gasteiger partial charge on any atom is 0.130 e. The Hall–Kier alpha value is -0.590. The lowest BCUT2D eigenvalue weighted by atomic mass is 9.47. The molecule has 18 heavy (non-hydrogen) atoms. The molecule has 0 bridgehead atoms. The van der Waals surface area contributed by atoms with E-state index in [4.69, 9.17) is 0 Å². The van der Waals surface area contributed by atoms with Gasteiger partial charge in [0.05, 0.1) is 0 Å². The molecule has 1 nitrogen and oxygen atoms in total. The molecule has 2 rings (SSSR count). The van der Waals surface area contributed by atoms with Gasteiger partial charge in [0.15, 0.2) is 0 Å². The van der Waals surface area contributed by atoms with Crippen LogP contribution in [0, 0.1) is 22.7 Å². The van der Waals surface area contributed by atoms with Crippen LogP contribution in [-0.2, 0) is 4.79 Å². The minimum atomic E-state index is 0.308. The van der Waals surface area contributed by atoms with Gasteiger partial charge in [-0.25, -0.2) is 0 Å². The molecule has 2 aliphatic carbocycles. The van der Waals surface area contributed by atoms with Gasteiger partial charge in [0, 0.05) is 6.42 Å². The van der Waals surface area contributed by atoms with Gasteiger partial charge in [-0.15, -0.1) is 0 Å². The van der Waals surface area contributed by atoms with Gasteiger partial charge < -0.3 is 4.79 Å². The SMILES string of the molecule is C=C1CCC2C(C)(C)CCC[C@]2(C)[C@H]1CC(C)=O. The van der Waals surface area contributed by atoms with E-state index in [0.717, 1.165) is 12.3 Å². The number of carbonyl (C=O) groups is 1. The van der Waals surface area contributed by atoms with Crippen molar-refractivity contribution in [2.45, 2.75) is 66.2 Å². The summed E-state index contributed by atoms with van der Waals surface area (Å²) >= 11 is 0. The average Bonchev–Trinajstić information content (AvgIpc) is 2.22. The van der Waals surface area contributed by atoms with Crippen molar-refractivity contribution in [1.29, 1.82) is 0 Å². The molecule has 0 saturated heterocycles. The molecule has 0 aromatic heterocycles. The van der Waals surface area contributed by atoms with Crippen LogP contribution < -0.4 is 0 Å². The van der Waals surface area contributed by atoms with Gasteiger partial charge in [-0.1, -0.05) is 39.3 Å². The van der Waals surface area contributed by atoms with Crippen LogP contribution in [0.4, 0.5) is 0 Å². The molecule has 2 fully saturated rings. The Morgan fingerprint density at radius 2 is 2.00 bits per heavy atom. The van der Waals surface area contributed by atoms with E-state index in [1.54, 1.807) is 6.92 Å². The maximum atomic E-state index is 11.6. The van der Waals surface area contributed by atoms with E-state index in [0.29, 0.717) is 29.0 Å². The van der Waals surface area contributed by atoms with E-state index in [2.05, 4.69) is 27.4 Å². The number of allylic oxidation sites excluding steroid dienone is 1. The zero-order valence-electron chi connectivity index (χ0n) is 12.5. The molecule has 0 aliphatic heterocycles. The molecular weight excluding hydrogens is 220 g/mol. The highest BCUT2D eigenvalue weighted by atomic mass is 16.1. The van der Waals surface area contributed by atoms with E-state index in [1.165, 1.54) is 31.3 Å². The highest BCUT2D eigenvalue weighted by Crippen LogP contribution is 2.61. The smallest absolute Gasteiger partial charge is 0.130 e. The first kappa shape index (κ1) is 13.8. The van der Waals surface area contributed by atoms with Gasteiger partial charge in [0.25, 0.3) is 0 Å². The fourth-order valence-electron chi connectivity index (χ4n) is 4.94. The average molecular weight is 248 g/mol. The second-order valence-electron chi connectivity index (χ2n) is 7.56. The number of Topliss-reactive ketones (excluding diaryl/α,β-unsaturated/α-hetero) is 1. The number of rotatable bonds is 2. The van der Waals surface area contributed by atoms with E-state index in [9.17, 15) is 4.79 Å². The molecule has 102 valence electrons. The Morgan fingerprint density at radius 1 is 1.33 bits per heavy atom. The van der Waals surface area contributed by atoms with Crippen molar-refractivity contribution in [2.24, 2.45) is 22.7 Å². The summed E-state index contributed by atoms with van der Waals surface area (Å²) in [6.07, 6.45) is 7.03. The summed E-state index contributed by atoms with van der Waals surface area (Å²) in [6.45, 7) is 13.3. The fraction of sp³-hybridized carbons (Fsp3) is 0.824. The third-order valence-corrected chi connectivity index (χ3v) is 5.81. The second kappa shape index (κ2) is 4.51. The normalized spacial score (nSPS) is 39.2. The van der Waals surface area contributed by atoms with Crippen molar-refractivity contribution in [2.75, 3.05) is 0 Å². The summed E-state index contributed by atoms with van der Waals surface area (Å²) in [4.78, 5) is 11.6. The topological polar surface area (TPSA) is 17.1 Å². The van der Waals surface area contributed by atoms with E-state index < -0.39 is 0 Å². The lowest BCUT2D eigenvalue weighted by Crippen LogP contribution is -2.49. The molecule has 1 unspecified atom stereocenters. The molecule has 0 heterocycles. The lowest BCUT2D eigenvalue weighted by molar-refractivity contribution is -0.121. The van der Waals surface area contributed by atoms with Crippen molar-refractivity contribution in [3.05, 3.63) is 12.2 Å². The van der Waals surface area contributed by atoms with Gasteiger partial charge in [-0.3, -0.25) is 0 Å². The predicted octanol–water partition coefficient (Wildman–Crippen LogP) is 4.76. The van der Waals surface area contributed by atoms with Crippen molar-refractivity contribution >= 4 is 5.78 Å². The number of hydrogen-bond donors (Lipinski definition) is 0. The van der Waals surface area contributed by atoms with Crippen molar-refractivity contribution < 1.29 is 4.79 Å². The summed E-state index contributed by atoms with van der Waals surface area (Å²) in [5.41, 5.74) is 2.08. The Kier molecular flexibility index (Phi) is 3.46. The highest BCUT2D eigenvalue weighted by Gasteiger charge is 2.52. The number of hydrogen-bond acceptors (Lipinski definition) is 1. The largest absolute Gasteiger partial charge is 0.300 e. The van der Waals surface area contributed by atoms with Crippen LogP contribution in [0.15, 0.2) is 12.2 Å². The van der Waals surface area contributed by atoms with Crippen LogP contribution in [0.25, 0.3) is 0 Å². The van der Waals surface area contributed by atoms with Crippen LogP contribution >= 0.6 is 0 Å². The first-order chi connectivity index (χ1) is 8.27. The summed E-state index contributed by atoms with van der Waals surface area (Å²) < 4.78 is 0. The monoisotopic (exact) mass is 248 g/mol. The zero-order chi connectivity index (χ0) is 13.6. The summed E-state index contributed by atoms with van der Waals surface area (Å²) in [5.74, 6) is 1.51. The standard InChI is InChI=1S/C17H28O/c1-12-7-8-15-16(3,4)9-6-10-17(15,5)14(12)11-13(2)18/h14-15H,1,6-11H2,2-5H3/t14-,15?,17+/m0/s1. The first-order valence-corrected chi connectivity index (χ1v) is 7.44. The summed E-state index contributed by atoms with van der Waals surface area (Å²) in [6, 6.07) is 0. The van der Waals surface area contributed by atoms with Gasteiger partial charge in [0.2, 0.25) is 0 Å². The van der Waals surface area contributed by atoms with Crippen LogP contribution in [0.5, 0.6) is 0 Å². The van der Waals surface area contributed by atoms with Crippen LogP contribution in [-0.4, -0.2) is 5.78 Å². The van der Waals surface area contributed by atoms with Gasteiger partial charge in [-0.05, 0) is 55.3 Å². The fourth-order valence-corrected chi connectivity index (χ4v) is 4.94. The predicted molar refractivity (Wildman–Crippen MR) is 76.4 cm³/mol. The molecular formula is C17H28O. The molecule has 0 spiro atoms. The second-order valence-corrected chi connectivity index (χ2v) is 7.56. The van der Waals surface area contributed by atoms with Crippen LogP contribution in [0.3, 0.4) is 0 Å². The highest BCUT2D eigenvalue weighted by molar-refractivity contribution is 5.76. The minimum Gasteiger partial charge on any atom is -0.300 e. The number of ketones is 1. The Bertz CT molecular complexity index is 366. The zero-order valence-corrected chi connectivity index (χ0v) is 12.5. The summed E-state index contributed by atoms with van der Waals surface area (Å²) in [7, 11) is 0. The molecule has 0 aromatic carbocycles. The Morgan fingerprint density at radius 3 is 2.61 bits per heavy atom. The van der Waals surface area contributed by atoms with Gasteiger partial charge in [-0.2, -0.15) is 0 Å². The Labute approximate surface area is 112 Å². The Balaban J connectivity index is 2.33. The third-order valence-electron chi connectivity index (χ3n) is 5.81. The molecule has 2 aliphatic rings. The van der Waals surface area contributed by atoms with E-state index >= 15 is 0 Å². The van der Waals surface area contributed by atoms with Crippen LogP contribution in [0.2, 0.25) is 0 Å². The van der Waals surface area contributed by atoms with Crippen molar-refractivity contribution in [1.82, 2.24) is 0 Å². The van der Waals surface area contributed by atoms with E-state index in [1.807, 2.05) is 0 Å². The molecule has 0 N–H and O–H groups in total. The molecule has 3 atom stereocenters. The molecule has 1 heteroatoms. The quantitative estimate of drug-likeness (QED) is 0.644. The van der Waals surface area contributed by atoms with Crippen molar-refractivity contribution in [3.63, 3.8) is 0 Å². The van der Waals surface area contributed by atoms with Gasteiger partial charge in [0.1, 0.15) is 5.78 Å². The molecule has 0 radical (unpaired) electrons. The molecule has 0 amide bonds. The van der Waals surface area contributed by atoms with Crippen molar-refractivity contribution in [3.8, 4) is 0 Å². The first-order valence-electron chi connectivity index (χ1n) is 7.44. The minimum absolute atomic E-state index is 0.308. The van der Waals surface area contributed by atoms with Gasteiger partial charge >= 0.3 is 0 Å². The number of carbonyl (C=O) groups excluding carboxylic acids is 1. The van der Waals surface area contributed by atoms with E-state index in [-0.39, 0.29) is 0 Å².